The van der Waals surface area contributed by atoms with Gasteiger partial charge < -0.3 is 4.57 Å². The minimum absolute atomic E-state index is 0.402. The fraction of sp³-hybridized carbons (Fsp3) is 0.0690. The molecule has 3 heterocycles. The third-order valence-corrected chi connectivity index (χ3v) is 13.1. The average molecular weight is 795 g/mol. The van der Waals surface area contributed by atoms with Crippen molar-refractivity contribution in [3.63, 3.8) is 0 Å². The zero-order chi connectivity index (χ0) is 41.7. The molecule has 4 heteroatoms. The Balaban J connectivity index is 1.26. The van der Waals surface area contributed by atoms with Crippen molar-refractivity contribution in [3.05, 3.63) is 205 Å². The summed E-state index contributed by atoms with van der Waals surface area (Å²) in [6.07, 6.45) is 6.24. The van der Waals surface area contributed by atoms with E-state index in [9.17, 15) is 0 Å². The molecule has 4 nitrogen and oxygen atoms in total. The van der Waals surface area contributed by atoms with E-state index in [4.69, 9.17) is 9.97 Å². The minimum atomic E-state index is -0.402. The van der Waals surface area contributed by atoms with Crippen LogP contribution in [0.25, 0.3) is 112 Å². The fourth-order valence-electron chi connectivity index (χ4n) is 10.2. The highest BCUT2D eigenvalue weighted by Crippen LogP contribution is 2.51. The van der Waals surface area contributed by atoms with Gasteiger partial charge >= 0.3 is 0 Å². The predicted molar refractivity (Wildman–Crippen MR) is 261 cm³/mol. The van der Waals surface area contributed by atoms with Crippen LogP contribution in [0.2, 0.25) is 0 Å². The van der Waals surface area contributed by atoms with Crippen LogP contribution in [0.3, 0.4) is 0 Å². The first kappa shape index (κ1) is 36.1. The van der Waals surface area contributed by atoms with E-state index in [2.05, 4.69) is 218 Å². The maximum atomic E-state index is 5.95. The molecule has 1 aliphatic rings. The van der Waals surface area contributed by atoms with Crippen molar-refractivity contribution < 1.29 is 0 Å². The van der Waals surface area contributed by atoms with Crippen molar-refractivity contribution in [3.8, 4) is 45.1 Å². The van der Waals surface area contributed by atoms with Gasteiger partial charge in [-0.3, -0.25) is 4.57 Å². The monoisotopic (exact) mass is 794 g/mol. The van der Waals surface area contributed by atoms with Gasteiger partial charge in [-0.1, -0.05) is 154 Å². The summed E-state index contributed by atoms with van der Waals surface area (Å²) in [6, 6.07) is 61.5. The predicted octanol–water partition coefficient (Wildman–Crippen LogP) is 15.1. The number of allylic oxidation sites excluding steroid dienone is 1. The number of fused-ring (bicyclic) bond motifs is 10. The molecular formula is C58H42N4. The molecule has 1 aliphatic carbocycles. The summed E-state index contributed by atoms with van der Waals surface area (Å²) in [5.74, 6) is 0.801. The zero-order valence-corrected chi connectivity index (χ0v) is 34.9. The van der Waals surface area contributed by atoms with Gasteiger partial charge in [-0.2, -0.15) is 0 Å². The Morgan fingerprint density at radius 1 is 0.516 bits per heavy atom. The Kier molecular flexibility index (Phi) is 7.91. The molecule has 0 amide bonds. The lowest BCUT2D eigenvalue weighted by Gasteiger charge is -2.22. The van der Waals surface area contributed by atoms with Crippen molar-refractivity contribution in [2.24, 2.45) is 0 Å². The summed E-state index contributed by atoms with van der Waals surface area (Å²) < 4.78 is 4.77. The van der Waals surface area contributed by atoms with Crippen LogP contribution in [0.15, 0.2) is 183 Å². The Labute approximate surface area is 360 Å². The van der Waals surface area contributed by atoms with E-state index in [1.54, 1.807) is 0 Å². The van der Waals surface area contributed by atoms with E-state index in [-0.39, 0.29) is 0 Å². The van der Waals surface area contributed by atoms with E-state index < -0.39 is 5.41 Å². The average Bonchev–Trinajstić information content (AvgIpc) is 3.89. The lowest BCUT2D eigenvalue weighted by molar-refractivity contribution is 0.635. The molecule has 294 valence electrons. The number of nitrogens with zero attached hydrogens (tertiary/aromatic N) is 4. The number of hydrogen-bond acceptors (Lipinski definition) is 2. The number of para-hydroxylation sites is 2. The quantitative estimate of drug-likeness (QED) is 0.168. The number of aromatic nitrogens is 4. The van der Waals surface area contributed by atoms with E-state index in [1.807, 2.05) is 6.08 Å². The molecule has 11 aromatic rings. The molecule has 0 N–H and O–H groups in total. The van der Waals surface area contributed by atoms with Gasteiger partial charge in [-0.25, -0.2) is 9.97 Å². The first-order valence-corrected chi connectivity index (χ1v) is 21.4. The number of hydrogen-bond donors (Lipinski definition) is 0. The van der Waals surface area contributed by atoms with Crippen molar-refractivity contribution in [1.29, 1.82) is 0 Å². The van der Waals surface area contributed by atoms with E-state index in [0.717, 1.165) is 94.6 Å². The van der Waals surface area contributed by atoms with Crippen LogP contribution >= 0.6 is 0 Å². The maximum absolute atomic E-state index is 5.95. The van der Waals surface area contributed by atoms with Gasteiger partial charge in [0.25, 0.3) is 0 Å². The molecule has 0 bridgehead atoms. The molecule has 0 radical (unpaired) electrons. The van der Waals surface area contributed by atoms with Crippen LogP contribution < -0.4 is 0 Å². The standard InChI is InChI=1S/C58H42N4/c1-5-18-38-34-51-45(31-36(38)6-2)46-32-39-21-13-14-22-40(39)35-52(46)62(51)57-55(44-26-17-28-50-53(44)43-25-15-16-27-49(43)61(50)42-23-11-8-12-24-42)59-56-54(60-57)47-33-41(37-19-9-7-10-20-37)29-30-48(47)58(56,3)4/h5-35H,2H2,1,3-4H3/b18-5-. The SMILES string of the molecule is C=Cc1cc2c3cc4ccccc4cc3n(-c3nc4c(nc3-c3cccc5c3c3ccccc3n5-c3ccccc3)C(C)(C)c3ccc(-c5ccccc5)cc3-4)c2cc1/C=C\C. The Hall–Kier alpha value is -7.82. The van der Waals surface area contributed by atoms with Crippen LogP contribution in [-0.2, 0) is 5.41 Å². The Morgan fingerprint density at radius 3 is 2.00 bits per heavy atom. The summed E-state index contributed by atoms with van der Waals surface area (Å²) in [5, 5.41) is 6.99. The van der Waals surface area contributed by atoms with Gasteiger partial charge in [0, 0.05) is 43.8 Å². The highest BCUT2D eigenvalue weighted by Gasteiger charge is 2.40. The number of benzene rings is 8. The third kappa shape index (κ3) is 5.20. The summed E-state index contributed by atoms with van der Waals surface area (Å²) in [6.45, 7) is 10.9. The molecule has 0 unspecified atom stereocenters. The largest absolute Gasteiger partial charge is 0.309 e. The zero-order valence-electron chi connectivity index (χ0n) is 34.9. The molecule has 0 fully saturated rings. The smallest absolute Gasteiger partial charge is 0.165 e. The second-order valence-electron chi connectivity index (χ2n) is 17.0. The Bertz CT molecular complexity index is 3680. The second-order valence-corrected chi connectivity index (χ2v) is 17.0. The number of rotatable bonds is 6. The summed E-state index contributed by atoms with van der Waals surface area (Å²) in [7, 11) is 0. The molecule has 3 aromatic heterocycles. The van der Waals surface area contributed by atoms with Gasteiger partial charge in [0.1, 0.15) is 5.69 Å². The topological polar surface area (TPSA) is 35.6 Å². The summed E-state index contributed by atoms with van der Waals surface area (Å²) in [5.41, 5.74) is 15.8. The van der Waals surface area contributed by atoms with Crippen molar-refractivity contribution in [2.45, 2.75) is 26.2 Å². The molecule has 8 aromatic carbocycles. The maximum Gasteiger partial charge on any atom is 0.165 e. The molecule has 0 atom stereocenters. The molecule has 0 spiro atoms. The van der Waals surface area contributed by atoms with Gasteiger partial charge in [0.15, 0.2) is 5.82 Å². The summed E-state index contributed by atoms with van der Waals surface area (Å²) >= 11 is 0. The van der Waals surface area contributed by atoms with Crippen LogP contribution in [-0.4, -0.2) is 19.1 Å². The van der Waals surface area contributed by atoms with Crippen molar-refractivity contribution >= 4 is 66.5 Å². The normalized spacial score (nSPS) is 13.2. The first-order chi connectivity index (χ1) is 30.4. The van der Waals surface area contributed by atoms with Gasteiger partial charge in [-0.05, 0) is 100 Å². The minimum Gasteiger partial charge on any atom is -0.309 e. The molecule has 0 saturated heterocycles. The van der Waals surface area contributed by atoms with Crippen molar-refractivity contribution in [2.75, 3.05) is 0 Å². The first-order valence-electron chi connectivity index (χ1n) is 21.4. The van der Waals surface area contributed by atoms with E-state index in [1.165, 1.54) is 27.3 Å². The van der Waals surface area contributed by atoms with Crippen LogP contribution in [0.1, 0.15) is 43.2 Å². The van der Waals surface area contributed by atoms with Crippen LogP contribution in [0, 0.1) is 0 Å². The lowest BCUT2D eigenvalue weighted by Crippen LogP contribution is -2.18. The van der Waals surface area contributed by atoms with E-state index >= 15 is 0 Å². The highest BCUT2D eigenvalue weighted by atomic mass is 15.1. The fourth-order valence-corrected chi connectivity index (χ4v) is 10.2. The molecular weight excluding hydrogens is 753 g/mol. The highest BCUT2D eigenvalue weighted by molar-refractivity contribution is 6.18. The second kappa shape index (κ2) is 13.6. The molecule has 12 rings (SSSR count). The van der Waals surface area contributed by atoms with Crippen LogP contribution in [0.5, 0.6) is 0 Å². The molecule has 62 heavy (non-hydrogen) atoms. The third-order valence-electron chi connectivity index (χ3n) is 13.1. The lowest BCUT2D eigenvalue weighted by atomic mass is 9.84. The Morgan fingerprint density at radius 2 is 1.21 bits per heavy atom. The van der Waals surface area contributed by atoms with Crippen molar-refractivity contribution in [1.82, 2.24) is 19.1 Å². The summed E-state index contributed by atoms with van der Waals surface area (Å²) in [4.78, 5) is 11.9. The molecule has 0 aliphatic heterocycles. The van der Waals surface area contributed by atoms with Crippen LogP contribution in [0.4, 0.5) is 0 Å². The van der Waals surface area contributed by atoms with Gasteiger partial charge in [-0.15, -0.1) is 0 Å². The van der Waals surface area contributed by atoms with Gasteiger partial charge in [0.2, 0.25) is 0 Å². The molecule has 0 saturated carbocycles. The van der Waals surface area contributed by atoms with E-state index in [0.29, 0.717) is 0 Å². The van der Waals surface area contributed by atoms with Gasteiger partial charge in [0.05, 0.1) is 33.5 Å².